The predicted molar refractivity (Wildman–Crippen MR) is 57.0 cm³/mol. The Morgan fingerprint density at radius 1 is 1.43 bits per heavy atom. The highest BCUT2D eigenvalue weighted by molar-refractivity contribution is 5.77. The number of carbonyl (C=O) groups excluding carboxylic acids is 1. The Balaban J connectivity index is 3.66. The molecular weight excluding hydrogens is 180 g/mol. The highest BCUT2D eigenvalue weighted by atomic mass is 16.3. The van der Waals surface area contributed by atoms with Gasteiger partial charge in [-0.2, -0.15) is 0 Å². The Morgan fingerprint density at radius 2 is 2.07 bits per heavy atom. The molecule has 0 aliphatic rings. The van der Waals surface area contributed by atoms with Crippen molar-refractivity contribution in [2.75, 3.05) is 26.2 Å². The molecule has 84 valence electrons. The molecular formula is C10H22N2O2. The summed E-state index contributed by atoms with van der Waals surface area (Å²) in [5, 5.41) is 14.9. The van der Waals surface area contributed by atoms with Gasteiger partial charge in [0.25, 0.3) is 0 Å². The lowest BCUT2D eigenvalue weighted by atomic mass is 9.89. The fourth-order valence-corrected chi connectivity index (χ4v) is 1.03. The maximum Gasteiger partial charge on any atom is 0.233 e. The third-order valence-electron chi connectivity index (χ3n) is 2.45. The molecule has 0 aliphatic heterocycles. The first-order chi connectivity index (χ1) is 6.58. The molecule has 0 heterocycles. The summed E-state index contributed by atoms with van der Waals surface area (Å²) in [5.74, 6) is 0.00360. The molecule has 0 rings (SSSR count). The summed E-state index contributed by atoms with van der Waals surface area (Å²) in [7, 11) is 0. The van der Waals surface area contributed by atoms with Gasteiger partial charge in [-0.25, -0.2) is 0 Å². The van der Waals surface area contributed by atoms with E-state index in [0.29, 0.717) is 19.6 Å². The number of likely N-dealkylation sites (N-methyl/N-ethyl adjacent to an activating group) is 1. The Bertz CT molecular complexity index is 168. The van der Waals surface area contributed by atoms with Crippen LogP contribution in [0.3, 0.4) is 0 Å². The van der Waals surface area contributed by atoms with Gasteiger partial charge in [0.15, 0.2) is 0 Å². The van der Waals surface area contributed by atoms with Crippen molar-refractivity contribution in [3.63, 3.8) is 0 Å². The van der Waals surface area contributed by atoms with E-state index in [9.17, 15) is 4.79 Å². The highest BCUT2D eigenvalue weighted by Crippen LogP contribution is 2.17. The van der Waals surface area contributed by atoms with Crippen LogP contribution < -0.4 is 10.6 Å². The SMILES string of the molecule is CCNC(=O)CNCC(C)(CC)CO. The van der Waals surface area contributed by atoms with Crippen molar-refractivity contribution in [2.24, 2.45) is 5.41 Å². The maximum atomic E-state index is 11.1. The fourth-order valence-electron chi connectivity index (χ4n) is 1.03. The lowest BCUT2D eigenvalue weighted by molar-refractivity contribution is -0.120. The van der Waals surface area contributed by atoms with Crippen LogP contribution >= 0.6 is 0 Å². The molecule has 0 bridgehead atoms. The van der Waals surface area contributed by atoms with E-state index >= 15 is 0 Å². The first-order valence-electron chi connectivity index (χ1n) is 5.16. The summed E-state index contributed by atoms with van der Waals surface area (Å²) < 4.78 is 0. The maximum absolute atomic E-state index is 11.1. The van der Waals surface area contributed by atoms with Gasteiger partial charge in [-0.1, -0.05) is 13.8 Å². The molecule has 0 spiro atoms. The van der Waals surface area contributed by atoms with Crippen molar-refractivity contribution >= 4 is 5.91 Å². The molecule has 0 aromatic rings. The van der Waals surface area contributed by atoms with Crippen molar-refractivity contribution in [3.05, 3.63) is 0 Å². The van der Waals surface area contributed by atoms with E-state index in [-0.39, 0.29) is 17.9 Å². The average molecular weight is 202 g/mol. The normalized spacial score (nSPS) is 14.9. The van der Waals surface area contributed by atoms with Crippen molar-refractivity contribution in [1.82, 2.24) is 10.6 Å². The minimum atomic E-state index is -0.119. The summed E-state index contributed by atoms with van der Waals surface area (Å²) >= 11 is 0. The molecule has 0 aliphatic carbocycles. The number of hydrogen-bond acceptors (Lipinski definition) is 3. The van der Waals surface area contributed by atoms with Gasteiger partial charge >= 0.3 is 0 Å². The quantitative estimate of drug-likeness (QED) is 0.549. The number of hydrogen-bond donors (Lipinski definition) is 3. The molecule has 4 heteroatoms. The zero-order chi connectivity index (χ0) is 11.0. The first kappa shape index (κ1) is 13.4. The number of aliphatic hydroxyl groups excluding tert-OH is 1. The molecule has 0 saturated carbocycles. The zero-order valence-electron chi connectivity index (χ0n) is 9.39. The number of rotatable bonds is 7. The van der Waals surface area contributed by atoms with Crippen LogP contribution in [0.2, 0.25) is 0 Å². The van der Waals surface area contributed by atoms with Crippen LogP contribution in [0.4, 0.5) is 0 Å². The molecule has 0 fully saturated rings. The van der Waals surface area contributed by atoms with E-state index in [1.54, 1.807) is 0 Å². The Labute approximate surface area is 86.1 Å². The van der Waals surface area contributed by atoms with Gasteiger partial charge in [-0.05, 0) is 13.3 Å². The summed E-state index contributed by atoms with van der Waals surface area (Å²) in [6.07, 6.45) is 0.895. The number of nitrogens with one attached hydrogen (secondary N) is 2. The van der Waals surface area contributed by atoms with E-state index in [0.717, 1.165) is 6.42 Å². The first-order valence-corrected chi connectivity index (χ1v) is 5.16. The largest absolute Gasteiger partial charge is 0.396 e. The third-order valence-corrected chi connectivity index (χ3v) is 2.45. The van der Waals surface area contributed by atoms with E-state index in [1.807, 2.05) is 20.8 Å². The fraction of sp³-hybridized carbons (Fsp3) is 0.900. The van der Waals surface area contributed by atoms with Gasteiger partial charge in [0.1, 0.15) is 0 Å². The van der Waals surface area contributed by atoms with Crippen molar-refractivity contribution in [2.45, 2.75) is 27.2 Å². The van der Waals surface area contributed by atoms with Crippen LogP contribution in [-0.2, 0) is 4.79 Å². The molecule has 0 aromatic heterocycles. The monoisotopic (exact) mass is 202 g/mol. The van der Waals surface area contributed by atoms with Crippen LogP contribution in [0.15, 0.2) is 0 Å². The lowest BCUT2D eigenvalue weighted by Gasteiger charge is -2.25. The molecule has 1 unspecified atom stereocenters. The van der Waals surface area contributed by atoms with Crippen LogP contribution in [-0.4, -0.2) is 37.3 Å². The summed E-state index contributed by atoms with van der Waals surface area (Å²) in [6.45, 7) is 7.71. The molecule has 4 nitrogen and oxygen atoms in total. The van der Waals surface area contributed by atoms with Gasteiger partial charge in [-0.15, -0.1) is 0 Å². The second-order valence-corrected chi connectivity index (χ2v) is 3.88. The summed E-state index contributed by atoms with van der Waals surface area (Å²) in [5.41, 5.74) is -0.119. The van der Waals surface area contributed by atoms with E-state index in [2.05, 4.69) is 10.6 Å². The molecule has 0 aromatic carbocycles. The second-order valence-electron chi connectivity index (χ2n) is 3.88. The lowest BCUT2D eigenvalue weighted by Crippen LogP contribution is -2.40. The van der Waals surface area contributed by atoms with Crippen molar-refractivity contribution < 1.29 is 9.90 Å². The molecule has 3 N–H and O–H groups in total. The number of aliphatic hydroxyl groups is 1. The number of amides is 1. The van der Waals surface area contributed by atoms with Gasteiger partial charge < -0.3 is 15.7 Å². The van der Waals surface area contributed by atoms with Gasteiger partial charge in [0.05, 0.1) is 6.54 Å². The highest BCUT2D eigenvalue weighted by Gasteiger charge is 2.20. The summed E-state index contributed by atoms with van der Waals surface area (Å²) in [6, 6.07) is 0. The van der Waals surface area contributed by atoms with Crippen LogP contribution in [0, 0.1) is 5.41 Å². The van der Waals surface area contributed by atoms with E-state index in [1.165, 1.54) is 0 Å². The Hall–Kier alpha value is -0.610. The second kappa shape index (κ2) is 6.79. The van der Waals surface area contributed by atoms with Crippen LogP contribution in [0.25, 0.3) is 0 Å². The summed E-state index contributed by atoms with van der Waals surface area (Å²) in [4.78, 5) is 11.1. The predicted octanol–water partition coefficient (Wildman–Crippen LogP) is 0.121. The van der Waals surface area contributed by atoms with Crippen LogP contribution in [0.5, 0.6) is 0 Å². The standard InChI is InChI=1S/C10H22N2O2/c1-4-10(3,8-13)7-11-6-9(14)12-5-2/h11,13H,4-8H2,1-3H3,(H,12,14). The Kier molecular flexibility index (Phi) is 6.49. The molecule has 0 radical (unpaired) electrons. The van der Waals surface area contributed by atoms with Gasteiger partial charge in [-0.3, -0.25) is 4.79 Å². The van der Waals surface area contributed by atoms with E-state index in [4.69, 9.17) is 5.11 Å². The average Bonchev–Trinajstić information content (AvgIpc) is 2.18. The molecule has 1 amide bonds. The third kappa shape index (κ3) is 5.19. The molecule has 1 atom stereocenters. The van der Waals surface area contributed by atoms with Gasteiger partial charge in [0, 0.05) is 25.1 Å². The smallest absolute Gasteiger partial charge is 0.233 e. The minimum absolute atomic E-state index is 0.00360. The zero-order valence-corrected chi connectivity index (χ0v) is 9.39. The van der Waals surface area contributed by atoms with E-state index < -0.39 is 0 Å². The Morgan fingerprint density at radius 3 is 2.50 bits per heavy atom. The molecule has 14 heavy (non-hydrogen) atoms. The van der Waals surface area contributed by atoms with Crippen LogP contribution in [0.1, 0.15) is 27.2 Å². The topological polar surface area (TPSA) is 61.4 Å². The van der Waals surface area contributed by atoms with Crippen molar-refractivity contribution in [1.29, 1.82) is 0 Å². The molecule has 0 saturated heterocycles. The van der Waals surface area contributed by atoms with Gasteiger partial charge in [0.2, 0.25) is 5.91 Å². The van der Waals surface area contributed by atoms with Crippen molar-refractivity contribution in [3.8, 4) is 0 Å². The minimum Gasteiger partial charge on any atom is -0.396 e. The number of carbonyl (C=O) groups is 1.